The van der Waals surface area contributed by atoms with Crippen LogP contribution in [0.15, 0.2) is 24.3 Å². The summed E-state index contributed by atoms with van der Waals surface area (Å²) in [4.78, 5) is 12.1. The average molecular weight is 326 g/mol. The number of ether oxygens (including phenoxy) is 1. The zero-order valence-corrected chi connectivity index (χ0v) is 13.7. The monoisotopic (exact) mass is 326 g/mol. The summed E-state index contributed by atoms with van der Waals surface area (Å²) < 4.78 is 29.4. The van der Waals surface area contributed by atoms with Crippen LogP contribution in [0.2, 0.25) is 0 Å². The van der Waals surface area contributed by atoms with Gasteiger partial charge >= 0.3 is 0 Å². The van der Waals surface area contributed by atoms with Gasteiger partial charge in [-0.05, 0) is 43.0 Å². The van der Waals surface area contributed by atoms with Gasteiger partial charge in [-0.25, -0.2) is 12.7 Å². The van der Waals surface area contributed by atoms with E-state index in [9.17, 15) is 13.2 Å². The number of amides is 1. The highest BCUT2D eigenvalue weighted by Crippen LogP contribution is 2.18. The summed E-state index contributed by atoms with van der Waals surface area (Å²) in [6, 6.07) is 6.94. The third-order valence-corrected chi connectivity index (χ3v) is 5.25. The van der Waals surface area contributed by atoms with E-state index >= 15 is 0 Å². The van der Waals surface area contributed by atoms with Gasteiger partial charge in [0.25, 0.3) is 5.91 Å². The number of methoxy groups -OCH3 is 1. The highest BCUT2D eigenvalue weighted by molar-refractivity contribution is 7.88. The number of nitrogens with zero attached hydrogens (tertiary/aromatic N) is 1. The molecule has 1 fully saturated rings. The minimum Gasteiger partial charge on any atom is -0.497 e. The fraction of sp³-hybridized carbons (Fsp3) is 0.533. The summed E-state index contributed by atoms with van der Waals surface area (Å²) >= 11 is 0. The molecule has 1 N–H and O–H groups in total. The Morgan fingerprint density at radius 1 is 1.27 bits per heavy atom. The zero-order valence-electron chi connectivity index (χ0n) is 12.9. The van der Waals surface area contributed by atoms with Crippen molar-refractivity contribution in [2.45, 2.75) is 12.8 Å². The van der Waals surface area contributed by atoms with Gasteiger partial charge < -0.3 is 10.1 Å². The van der Waals surface area contributed by atoms with Gasteiger partial charge in [0.2, 0.25) is 10.0 Å². The molecule has 22 heavy (non-hydrogen) atoms. The Morgan fingerprint density at radius 3 is 2.36 bits per heavy atom. The smallest absolute Gasteiger partial charge is 0.251 e. The van der Waals surface area contributed by atoms with Crippen molar-refractivity contribution < 1.29 is 17.9 Å². The Morgan fingerprint density at radius 2 is 1.86 bits per heavy atom. The van der Waals surface area contributed by atoms with Crippen molar-refractivity contribution in [2.75, 3.05) is 33.0 Å². The molecule has 0 saturated carbocycles. The lowest BCUT2D eigenvalue weighted by molar-refractivity contribution is 0.0941. The van der Waals surface area contributed by atoms with Gasteiger partial charge in [0.15, 0.2) is 0 Å². The van der Waals surface area contributed by atoms with Gasteiger partial charge in [-0.15, -0.1) is 0 Å². The molecule has 1 saturated heterocycles. The van der Waals surface area contributed by atoms with Crippen LogP contribution in [0.3, 0.4) is 0 Å². The van der Waals surface area contributed by atoms with Crippen molar-refractivity contribution >= 4 is 15.9 Å². The summed E-state index contributed by atoms with van der Waals surface area (Å²) in [6.45, 7) is 1.63. The third-order valence-electron chi connectivity index (χ3n) is 3.95. The van der Waals surface area contributed by atoms with Crippen LogP contribution in [-0.4, -0.2) is 51.6 Å². The molecule has 1 amide bonds. The maximum Gasteiger partial charge on any atom is 0.251 e. The Hall–Kier alpha value is -1.60. The molecular weight excluding hydrogens is 304 g/mol. The lowest BCUT2D eigenvalue weighted by atomic mass is 9.98. The molecular formula is C15H22N2O4S. The molecule has 0 spiro atoms. The number of piperidine rings is 1. The van der Waals surface area contributed by atoms with E-state index in [1.54, 1.807) is 31.4 Å². The molecule has 0 atom stereocenters. The van der Waals surface area contributed by atoms with Gasteiger partial charge in [0, 0.05) is 25.2 Å². The SMILES string of the molecule is COc1ccc(C(=O)NCC2CCN(S(C)(=O)=O)CC2)cc1. The second kappa shape index (κ2) is 7.11. The van der Waals surface area contributed by atoms with E-state index in [0.29, 0.717) is 36.9 Å². The van der Waals surface area contributed by atoms with Crippen LogP contribution >= 0.6 is 0 Å². The van der Waals surface area contributed by atoms with Gasteiger partial charge in [-0.3, -0.25) is 4.79 Å². The lowest BCUT2D eigenvalue weighted by Crippen LogP contribution is -2.41. The normalized spacial score (nSPS) is 17.2. The maximum atomic E-state index is 12.1. The molecule has 0 aromatic heterocycles. The molecule has 0 aliphatic carbocycles. The standard InChI is InChI=1S/C15H22N2O4S/c1-21-14-5-3-13(4-6-14)15(18)16-11-12-7-9-17(10-8-12)22(2,19)20/h3-6,12H,7-11H2,1-2H3,(H,16,18). The summed E-state index contributed by atoms with van der Waals surface area (Å²) in [5.41, 5.74) is 0.592. The molecule has 1 heterocycles. The van der Waals surface area contributed by atoms with Crippen LogP contribution < -0.4 is 10.1 Å². The summed E-state index contributed by atoms with van der Waals surface area (Å²) in [7, 11) is -1.51. The quantitative estimate of drug-likeness (QED) is 0.879. The van der Waals surface area contributed by atoms with Crippen molar-refractivity contribution in [1.29, 1.82) is 0 Å². The minimum absolute atomic E-state index is 0.117. The average Bonchev–Trinajstić information content (AvgIpc) is 2.52. The number of hydrogen-bond acceptors (Lipinski definition) is 4. The number of rotatable bonds is 5. The van der Waals surface area contributed by atoms with E-state index < -0.39 is 10.0 Å². The van der Waals surface area contributed by atoms with E-state index in [1.807, 2.05) is 0 Å². The van der Waals surface area contributed by atoms with Crippen LogP contribution in [0.1, 0.15) is 23.2 Å². The molecule has 0 bridgehead atoms. The second-order valence-electron chi connectivity index (χ2n) is 5.54. The Bertz CT molecular complexity index is 605. The molecule has 1 aliphatic rings. The fourth-order valence-corrected chi connectivity index (χ4v) is 3.40. The first-order valence-electron chi connectivity index (χ1n) is 7.27. The molecule has 122 valence electrons. The van der Waals surface area contributed by atoms with Gasteiger partial charge in [0.1, 0.15) is 5.75 Å². The third kappa shape index (κ3) is 4.45. The highest BCUT2D eigenvalue weighted by atomic mass is 32.2. The van der Waals surface area contributed by atoms with E-state index in [1.165, 1.54) is 10.6 Å². The molecule has 1 aromatic carbocycles. The van der Waals surface area contributed by atoms with Crippen molar-refractivity contribution in [1.82, 2.24) is 9.62 Å². The van der Waals surface area contributed by atoms with E-state index in [2.05, 4.69) is 5.32 Å². The van der Waals surface area contributed by atoms with E-state index in [4.69, 9.17) is 4.74 Å². The van der Waals surface area contributed by atoms with Gasteiger partial charge in [-0.1, -0.05) is 0 Å². The summed E-state index contributed by atoms with van der Waals surface area (Å²) in [5, 5.41) is 2.91. The first-order chi connectivity index (χ1) is 10.4. The summed E-state index contributed by atoms with van der Waals surface area (Å²) in [6.07, 6.45) is 2.78. The number of nitrogens with one attached hydrogen (secondary N) is 1. The molecule has 1 aliphatic heterocycles. The van der Waals surface area contributed by atoms with Crippen molar-refractivity contribution in [3.63, 3.8) is 0 Å². The van der Waals surface area contributed by atoms with E-state index in [0.717, 1.165) is 12.8 Å². The Kier molecular flexibility index (Phi) is 5.42. The zero-order chi connectivity index (χ0) is 16.2. The van der Waals surface area contributed by atoms with Gasteiger partial charge in [0.05, 0.1) is 13.4 Å². The Balaban J connectivity index is 1.80. The molecule has 2 rings (SSSR count). The van der Waals surface area contributed by atoms with E-state index in [-0.39, 0.29) is 5.91 Å². The number of benzene rings is 1. The second-order valence-corrected chi connectivity index (χ2v) is 7.53. The predicted molar refractivity (Wildman–Crippen MR) is 84.5 cm³/mol. The minimum atomic E-state index is -3.10. The largest absolute Gasteiger partial charge is 0.497 e. The number of carbonyl (C=O) groups is 1. The predicted octanol–water partition coefficient (Wildman–Crippen LogP) is 1.10. The summed E-state index contributed by atoms with van der Waals surface area (Å²) in [5.74, 6) is 0.915. The van der Waals surface area contributed by atoms with Crippen molar-refractivity contribution in [3.8, 4) is 5.75 Å². The van der Waals surface area contributed by atoms with Crippen LogP contribution in [0.4, 0.5) is 0 Å². The molecule has 1 aromatic rings. The number of sulfonamides is 1. The van der Waals surface area contributed by atoms with Crippen molar-refractivity contribution in [3.05, 3.63) is 29.8 Å². The number of hydrogen-bond donors (Lipinski definition) is 1. The topological polar surface area (TPSA) is 75.7 Å². The van der Waals surface area contributed by atoms with Crippen LogP contribution in [-0.2, 0) is 10.0 Å². The molecule has 0 radical (unpaired) electrons. The maximum absolute atomic E-state index is 12.1. The first-order valence-corrected chi connectivity index (χ1v) is 9.12. The lowest BCUT2D eigenvalue weighted by Gasteiger charge is -2.30. The van der Waals surface area contributed by atoms with Crippen LogP contribution in [0, 0.1) is 5.92 Å². The van der Waals surface area contributed by atoms with Crippen molar-refractivity contribution in [2.24, 2.45) is 5.92 Å². The van der Waals surface area contributed by atoms with Gasteiger partial charge in [-0.2, -0.15) is 0 Å². The first kappa shape index (κ1) is 16.8. The number of carbonyl (C=O) groups excluding carboxylic acids is 1. The van der Waals surface area contributed by atoms with Crippen LogP contribution in [0.5, 0.6) is 5.75 Å². The van der Waals surface area contributed by atoms with Crippen LogP contribution in [0.25, 0.3) is 0 Å². The molecule has 6 nitrogen and oxygen atoms in total. The highest BCUT2D eigenvalue weighted by Gasteiger charge is 2.25. The fourth-order valence-electron chi connectivity index (χ4n) is 2.53. The molecule has 0 unspecified atom stereocenters. The Labute approximate surface area is 131 Å². The molecule has 7 heteroatoms.